The fourth-order valence-corrected chi connectivity index (χ4v) is 4.83. The number of amides is 1. The first kappa shape index (κ1) is 22.1. The Bertz CT molecular complexity index is 1200. The fourth-order valence-electron chi connectivity index (χ4n) is 4.83. The van der Waals surface area contributed by atoms with E-state index >= 15 is 0 Å². The second-order valence-corrected chi connectivity index (χ2v) is 8.94. The van der Waals surface area contributed by atoms with Gasteiger partial charge in [-0.25, -0.2) is 0 Å². The van der Waals surface area contributed by atoms with Gasteiger partial charge in [-0.05, 0) is 62.4 Å². The van der Waals surface area contributed by atoms with Crippen LogP contribution in [0.3, 0.4) is 0 Å². The number of nitrogens with one attached hydrogen (secondary N) is 1. The summed E-state index contributed by atoms with van der Waals surface area (Å²) in [6.45, 7) is 2.60. The van der Waals surface area contributed by atoms with Crippen LogP contribution in [0, 0.1) is 10.1 Å². The molecule has 0 bridgehead atoms. The number of hydrogen-bond acceptors (Lipinski definition) is 6. The van der Waals surface area contributed by atoms with Crippen molar-refractivity contribution in [2.24, 2.45) is 0 Å². The van der Waals surface area contributed by atoms with Gasteiger partial charge in [0.15, 0.2) is 5.82 Å². The van der Waals surface area contributed by atoms with Crippen LogP contribution >= 0.6 is 0 Å². The summed E-state index contributed by atoms with van der Waals surface area (Å²) in [5, 5.41) is 23.0. The zero-order chi connectivity index (χ0) is 23.5. The maximum Gasteiger partial charge on any atom is 0.270 e. The highest BCUT2D eigenvalue weighted by molar-refractivity contribution is 6.08. The Balaban J connectivity index is 1.38. The molecule has 0 unspecified atom stereocenters. The third-order valence-electron chi connectivity index (χ3n) is 6.64. The Hall–Kier alpha value is -3.75. The van der Waals surface area contributed by atoms with Crippen molar-refractivity contribution in [3.05, 3.63) is 64.0 Å². The van der Waals surface area contributed by atoms with Crippen LogP contribution in [-0.2, 0) is 13.0 Å². The highest BCUT2D eigenvalue weighted by Gasteiger charge is 2.22. The molecule has 5 rings (SSSR count). The molecule has 0 radical (unpaired) electrons. The molecule has 1 saturated heterocycles. The summed E-state index contributed by atoms with van der Waals surface area (Å²) in [6, 6.07) is 12.1. The highest BCUT2D eigenvalue weighted by Crippen LogP contribution is 2.29. The quantitative estimate of drug-likeness (QED) is 0.432. The third kappa shape index (κ3) is 4.50. The molecule has 1 amide bonds. The van der Waals surface area contributed by atoms with E-state index in [1.807, 2.05) is 24.3 Å². The number of benzene rings is 2. The van der Waals surface area contributed by atoms with Gasteiger partial charge in [0.25, 0.3) is 11.6 Å². The molecular weight excluding hydrogens is 432 g/mol. The summed E-state index contributed by atoms with van der Waals surface area (Å²) in [6.07, 6.45) is 7.66. The molecule has 2 aliphatic rings. The van der Waals surface area contributed by atoms with Crippen LogP contribution in [0.5, 0.6) is 0 Å². The number of piperidine rings is 1. The molecule has 9 nitrogen and oxygen atoms in total. The number of non-ortho nitro benzene ring substituents is 1. The first-order valence-corrected chi connectivity index (χ1v) is 12.0. The zero-order valence-electron chi connectivity index (χ0n) is 19.1. The van der Waals surface area contributed by atoms with Crippen LogP contribution < -0.4 is 10.2 Å². The number of aryl methyl sites for hydroxylation is 1. The van der Waals surface area contributed by atoms with E-state index < -0.39 is 4.92 Å². The minimum absolute atomic E-state index is 0.0891. The standard InChI is InChI=1S/C25H28N6O3/c32-25(21-17-20(31(33)34)12-13-22(21)29-14-4-2-5-15-29)26-19-10-8-18(9-11-19)24-28-27-23-7-3-1-6-16-30(23)24/h8-13,17H,1-7,14-16H2,(H,26,32). The van der Waals surface area contributed by atoms with Gasteiger partial charge in [0, 0.05) is 49.4 Å². The van der Waals surface area contributed by atoms with Gasteiger partial charge in [-0.15, -0.1) is 10.2 Å². The van der Waals surface area contributed by atoms with Crippen LogP contribution in [0.15, 0.2) is 42.5 Å². The number of nitrogens with zero attached hydrogens (tertiary/aromatic N) is 5. The molecule has 0 saturated carbocycles. The Kier molecular flexibility index (Phi) is 6.24. The van der Waals surface area contributed by atoms with E-state index in [9.17, 15) is 14.9 Å². The number of nitro benzene ring substituents is 1. The van der Waals surface area contributed by atoms with Gasteiger partial charge in [-0.2, -0.15) is 0 Å². The lowest BCUT2D eigenvalue weighted by Crippen LogP contribution is -2.31. The van der Waals surface area contributed by atoms with Crippen LogP contribution in [0.25, 0.3) is 11.4 Å². The van der Waals surface area contributed by atoms with Gasteiger partial charge in [0.1, 0.15) is 5.82 Å². The molecule has 176 valence electrons. The molecule has 1 fully saturated rings. The summed E-state index contributed by atoms with van der Waals surface area (Å²) in [4.78, 5) is 26.2. The Morgan fingerprint density at radius 3 is 2.41 bits per heavy atom. The Labute approximate surface area is 197 Å². The van der Waals surface area contributed by atoms with E-state index in [-0.39, 0.29) is 11.6 Å². The first-order chi connectivity index (χ1) is 16.6. The number of carbonyl (C=O) groups is 1. The largest absolute Gasteiger partial charge is 0.371 e. The van der Waals surface area contributed by atoms with Gasteiger partial charge in [0.05, 0.1) is 16.2 Å². The van der Waals surface area contributed by atoms with Crippen molar-refractivity contribution in [1.82, 2.24) is 14.8 Å². The highest BCUT2D eigenvalue weighted by atomic mass is 16.6. The van der Waals surface area contributed by atoms with Gasteiger partial charge in [-0.3, -0.25) is 14.9 Å². The maximum absolute atomic E-state index is 13.2. The van der Waals surface area contributed by atoms with Gasteiger partial charge in [0.2, 0.25) is 0 Å². The molecule has 0 aliphatic carbocycles. The molecular formula is C25H28N6O3. The van der Waals surface area contributed by atoms with E-state index in [1.54, 1.807) is 6.07 Å². The third-order valence-corrected chi connectivity index (χ3v) is 6.64. The number of rotatable bonds is 5. The monoisotopic (exact) mass is 460 g/mol. The molecule has 9 heteroatoms. The second kappa shape index (κ2) is 9.62. The van der Waals surface area contributed by atoms with Gasteiger partial charge < -0.3 is 14.8 Å². The molecule has 1 aromatic heterocycles. The fraction of sp³-hybridized carbons (Fsp3) is 0.400. The van der Waals surface area contributed by atoms with E-state index in [0.29, 0.717) is 11.3 Å². The molecule has 2 aliphatic heterocycles. The smallest absolute Gasteiger partial charge is 0.270 e. The lowest BCUT2D eigenvalue weighted by atomic mass is 10.1. The first-order valence-electron chi connectivity index (χ1n) is 12.0. The number of aromatic nitrogens is 3. The normalized spacial score (nSPS) is 15.9. The molecule has 0 spiro atoms. The summed E-state index contributed by atoms with van der Waals surface area (Å²) >= 11 is 0. The molecule has 34 heavy (non-hydrogen) atoms. The van der Waals surface area contributed by atoms with Crippen molar-refractivity contribution < 1.29 is 9.72 Å². The minimum Gasteiger partial charge on any atom is -0.371 e. The number of hydrogen-bond donors (Lipinski definition) is 1. The van der Waals surface area contributed by atoms with Crippen LogP contribution in [-0.4, -0.2) is 38.7 Å². The van der Waals surface area contributed by atoms with Crippen molar-refractivity contribution in [2.75, 3.05) is 23.3 Å². The van der Waals surface area contributed by atoms with Gasteiger partial charge >= 0.3 is 0 Å². The number of nitro groups is 1. The molecule has 3 aromatic rings. The summed E-state index contributed by atoms with van der Waals surface area (Å²) in [5.74, 6) is 1.52. The zero-order valence-corrected chi connectivity index (χ0v) is 19.1. The van der Waals surface area contributed by atoms with E-state index in [1.165, 1.54) is 18.6 Å². The van der Waals surface area contributed by atoms with Gasteiger partial charge in [-0.1, -0.05) is 6.42 Å². The van der Waals surface area contributed by atoms with Crippen LogP contribution in [0.1, 0.15) is 54.7 Å². The predicted molar refractivity (Wildman–Crippen MR) is 130 cm³/mol. The maximum atomic E-state index is 13.2. The summed E-state index contributed by atoms with van der Waals surface area (Å²) in [5.41, 5.74) is 2.55. The van der Waals surface area contributed by atoms with E-state index in [0.717, 1.165) is 81.1 Å². The number of anilines is 2. The molecule has 2 aromatic carbocycles. The second-order valence-electron chi connectivity index (χ2n) is 8.94. The van der Waals surface area contributed by atoms with Crippen molar-refractivity contribution >= 4 is 23.0 Å². The van der Waals surface area contributed by atoms with Crippen molar-refractivity contribution in [3.63, 3.8) is 0 Å². The van der Waals surface area contributed by atoms with E-state index in [2.05, 4.69) is 25.0 Å². The predicted octanol–water partition coefficient (Wildman–Crippen LogP) is 4.82. The topological polar surface area (TPSA) is 106 Å². The SMILES string of the molecule is O=C(Nc1ccc(-c2nnc3n2CCCCC3)cc1)c1cc([N+](=O)[O-])ccc1N1CCCCC1. The van der Waals surface area contributed by atoms with Crippen molar-refractivity contribution in [1.29, 1.82) is 0 Å². The lowest BCUT2D eigenvalue weighted by molar-refractivity contribution is -0.384. The van der Waals surface area contributed by atoms with Crippen molar-refractivity contribution in [3.8, 4) is 11.4 Å². The van der Waals surface area contributed by atoms with Crippen LogP contribution in [0.4, 0.5) is 17.1 Å². The molecule has 3 heterocycles. The van der Waals surface area contributed by atoms with Crippen molar-refractivity contribution in [2.45, 2.75) is 51.5 Å². The molecule has 0 atom stereocenters. The number of carbonyl (C=O) groups excluding carboxylic acids is 1. The lowest BCUT2D eigenvalue weighted by Gasteiger charge is -2.30. The average Bonchev–Trinajstić information content (AvgIpc) is 3.12. The number of fused-ring (bicyclic) bond motifs is 1. The van der Waals surface area contributed by atoms with E-state index in [4.69, 9.17) is 0 Å². The molecule has 1 N–H and O–H groups in total. The van der Waals surface area contributed by atoms with Crippen LogP contribution in [0.2, 0.25) is 0 Å². The summed E-state index contributed by atoms with van der Waals surface area (Å²) in [7, 11) is 0. The Morgan fingerprint density at radius 1 is 0.912 bits per heavy atom. The summed E-state index contributed by atoms with van der Waals surface area (Å²) < 4.78 is 2.19. The minimum atomic E-state index is -0.465. The average molecular weight is 461 g/mol. The Morgan fingerprint density at radius 2 is 1.65 bits per heavy atom.